The van der Waals surface area contributed by atoms with Gasteiger partial charge in [0.15, 0.2) is 0 Å². The van der Waals surface area contributed by atoms with E-state index in [0.717, 1.165) is 16.7 Å². The molecular formula is C22H29ClN2O4S. The molecule has 0 saturated carbocycles. The van der Waals surface area contributed by atoms with Crippen molar-refractivity contribution in [2.45, 2.75) is 33.6 Å². The second-order valence-corrected chi connectivity index (χ2v) is 9.58. The normalized spacial score (nSPS) is 11.2. The minimum atomic E-state index is -3.44. The topological polar surface area (TPSA) is 75.7 Å². The number of aryl methyl sites for hydroxylation is 2. The third-order valence-corrected chi connectivity index (χ3v) is 6.43. The van der Waals surface area contributed by atoms with E-state index in [0.29, 0.717) is 36.0 Å². The van der Waals surface area contributed by atoms with Crippen LogP contribution in [-0.2, 0) is 14.8 Å². The molecule has 2 aromatic rings. The second kappa shape index (κ2) is 10.7. The molecule has 0 saturated heterocycles. The van der Waals surface area contributed by atoms with Gasteiger partial charge in [-0.3, -0.25) is 9.10 Å². The Kier molecular flexibility index (Phi) is 8.55. The van der Waals surface area contributed by atoms with Gasteiger partial charge in [-0.1, -0.05) is 29.8 Å². The highest BCUT2D eigenvalue weighted by Crippen LogP contribution is 2.25. The summed E-state index contributed by atoms with van der Waals surface area (Å²) in [4.78, 5) is 12.1. The van der Waals surface area contributed by atoms with E-state index in [1.807, 2.05) is 45.0 Å². The number of hydrogen-bond acceptors (Lipinski definition) is 4. The number of nitrogens with zero attached hydrogens (tertiary/aromatic N) is 1. The molecule has 6 nitrogen and oxygen atoms in total. The van der Waals surface area contributed by atoms with Gasteiger partial charge in [0.05, 0.1) is 18.5 Å². The van der Waals surface area contributed by atoms with Crippen LogP contribution in [0.5, 0.6) is 5.75 Å². The lowest BCUT2D eigenvalue weighted by molar-refractivity contribution is -0.121. The third-order valence-electron chi connectivity index (χ3n) is 4.85. The molecule has 30 heavy (non-hydrogen) atoms. The number of halogens is 1. The van der Waals surface area contributed by atoms with Crippen LogP contribution in [0.2, 0.25) is 5.02 Å². The Labute approximate surface area is 184 Å². The SMILES string of the molecule is Cc1ccc(OCCNC(=O)CCCN(c2cccc(C)c2C)S(C)(=O)=O)cc1Cl. The fourth-order valence-electron chi connectivity index (χ4n) is 2.97. The van der Waals surface area contributed by atoms with Crippen LogP contribution in [-0.4, -0.2) is 40.3 Å². The van der Waals surface area contributed by atoms with E-state index in [1.54, 1.807) is 12.1 Å². The summed E-state index contributed by atoms with van der Waals surface area (Å²) in [6.07, 6.45) is 1.83. The van der Waals surface area contributed by atoms with Gasteiger partial charge in [0.25, 0.3) is 0 Å². The van der Waals surface area contributed by atoms with Crippen molar-refractivity contribution in [2.75, 3.05) is 30.3 Å². The number of carbonyl (C=O) groups excluding carboxylic acids is 1. The fraction of sp³-hybridized carbons (Fsp3) is 0.409. The van der Waals surface area contributed by atoms with Crippen molar-refractivity contribution in [2.24, 2.45) is 0 Å². The fourth-order valence-corrected chi connectivity index (χ4v) is 4.15. The van der Waals surface area contributed by atoms with Crippen LogP contribution >= 0.6 is 11.6 Å². The van der Waals surface area contributed by atoms with E-state index in [-0.39, 0.29) is 18.9 Å². The number of amides is 1. The lowest BCUT2D eigenvalue weighted by atomic mass is 10.1. The molecule has 1 N–H and O–H groups in total. The number of hydrogen-bond donors (Lipinski definition) is 1. The van der Waals surface area contributed by atoms with Crippen molar-refractivity contribution in [1.82, 2.24) is 5.32 Å². The number of carbonyl (C=O) groups is 1. The van der Waals surface area contributed by atoms with Crippen LogP contribution in [0, 0.1) is 20.8 Å². The Hall–Kier alpha value is -2.25. The van der Waals surface area contributed by atoms with E-state index < -0.39 is 10.0 Å². The van der Waals surface area contributed by atoms with Gasteiger partial charge in [-0.05, 0) is 62.1 Å². The standard InChI is InChI=1S/C22H29ClN2O4S/c1-16-7-5-8-21(18(16)3)25(30(4,27)28)13-6-9-22(26)24-12-14-29-19-11-10-17(2)20(23)15-19/h5,7-8,10-11,15H,6,9,12-14H2,1-4H3,(H,24,26). The average Bonchev–Trinajstić information content (AvgIpc) is 2.67. The van der Waals surface area contributed by atoms with Crippen LogP contribution in [0.4, 0.5) is 5.69 Å². The zero-order chi connectivity index (χ0) is 22.3. The molecule has 2 aromatic carbocycles. The van der Waals surface area contributed by atoms with Crippen molar-refractivity contribution in [3.05, 3.63) is 58.1 Å². The first kappa shape index (κ1) is 24.0. The van der Waals surface area contributed by atoms with Gasteiger partial charge in [0, 0.05) is 18.0 Å². The summed E-state index contributed by atoms with van der Waals surface area (Å²) in [6.45, 7) is 6.68. The summed E-state index contributed by atoms with van der Waals surface area (Å²) in [5, 5.41) is 3.42. The molecule has 0 atom stereocenters. The molecule has 0 unspecified atom stereocenters. The molecule has 0 radical (unpaired) electrons. The van der Waals surface area contributed by atoms with Gasteiger partial charge >= 0.3 is 0 Å². The first-order valence-corrected chi connectivity index (χ1v) is 12.0. The number of sulfonamides is 1. The molecule has 0 fully saturated rings. The Morgan fingerprint density at radius 2 is 1.87 bits per heavy atom. The molecule has 8 heteroatoms. The highest BCUT2D eigenvalue weighted by Gasteiger charge is 2.19. The number of ether oxygens (including phenoxy) is 1. The number of nitrogens with one attached hydrogen (secondary N) is 1. The Morgan fingerprint density at radius 1 is 1.13 bits per heavy atom. The zero-order valence-corrected chi connectivity index (χ0v) is 19.4. The monoisotopic (exact) mass is 452 g/mol. The summed E-state index contributed by atoms with van der Waals surface area (Å²) in [5.41, 5.74) is 3.57. The minimum Gasteiger partial charge on any atom is -0.492 e. The van der Waals surface area contributed by atoms with Crippen molar-refractivity contribution >= 4 is 33.2 Å². The quantitative estimate of drug-likeness (QED) is 0.552. The summed E-state index contributed by atoms with van der Waals surface area (Å²) < 4.78 is 31.5. The Bertz CT molecular complexity index is 993. The lowest BCUT2D eigenvalue weighted by Crippen LogP contribution is -2.33. The van der Waals surface area contributed by atoms with Gasteiger partial charge in [-0.2, -0.15) is 0 Å². The summed E-state index contributed by atoms with van der Waals surface area (Å²) in [6, 6.07) is 11.0. The summed E-state index contributed by atoms with van der Waals surface area (Å²) >= 11 is 6.06. The van der Waals surface area contributed by atoms with E-state index in [4.69, 9.17) is 16.3 Å². The number of benzene rings is 2. The number of rotatable bonds is 10. The molecule has 0 aromatic heterocycles. The molecule has 0 aliphatic heterocycles. The maximum Gasteiger partial charge on any atom is 0.232 e. The molecule has 0 bridgehead atoms. The van der Waals surface area contributed by atoms with Gasteiger partial charge in [-0.15, -0.1) is 0 Å². The minimum absolute atomic E-state index is 0.144. The van der Waals surface area contributed by atoms with Crippen LogP contribution in [0.1, 0.15) is 29.5 Å². The predicted molar refractivity (Wildman–Crippen MR) is 122 cm³/mol. The zero-order valence-electron chi connectivity index (χ0n) is 17.9. The van der Waals surface area contributed by atoms with E-state index in [1.165, 1.54) is 10.6 Å². The molecule has 0 spiro atoms. The largest absolute Gasteiger partial charge is 0.492 e. The third kappa shape index (κ3) is 6.92. The average molecular weight is 453 g/mol. The Balaban J connectivity index is 1.80. The predicted octanol–water partition coefficient (Wildman–Crippen LogP) is 4.01. The van der Waals surface area contributed by atoms with Crippen molar-refractivity contribution in [1.29, 1.82) is 0 Å². The molecular weight excluding hydrogens is 424 g/mol. The first-order valence-electron chi connectivity index (χ1n) is 9.79. The number of anilines is 1. The van der Waals surface area contributed by atoms with Crippen LogP contribution in [0.15, 0.2) is 36.4 Å². The molecule has 1 amide bonds. The summed E-state index contributed by atoms with van der Waals surface area (Å²) in [7, 11) is -3.44. The van der Waals surface area contributed by atoms with Gasteiger partial charge in [-0.25, -0.2) is 8.42 Å². The van der Waals surface area contributed by atoms with Crippen molar-refractivity contribution < 1.29 is 17.9 Å². The highest BCUT2D eigenvalue weighted by atomic mass is 35.5. The maximum absolute atomic E-state index is 12.3. The van der Waals surface area contributed by atoms with Crippen LogP contribution in [0.25, 0.3) is 0 Å². The van der Waals surface area contributed by atoms with Gasteiger partial charge < -0.3 is 10.1 Å². The molecule has 0 heterocycles. The maximum atomic E-state index is 12.3. The molecule has 0 aliphatic rings. The molecule has 2 rings (SSSR count). The second-order valence-electron chi connectivity index (χ2n) is 7.27. The smallest absolute Gasteiger partial charge is 0.232 e. The lowest BCUT2D eigenvalue weighted by Gasteiger charge is -2.24. The molecule has 164 valence electrons. The van der Waals surface area contributed by atoms with Crippen molar-refractivity contribution in [3.8, 4) is 5.75 Å². The Morgan fingerprint density at radius 3 is 2.53 bits per heavy atom. The highest BCUT2D eigenvalue weighted by molar-refractivity contribution is 7.92. The van der Waals surface area contributed by atoms with Gasteiger partial charge in [0.1, 0.15) is 12.4 Å². The van der Waals surface area contributed by atoms with Crippen LogP contribution in [0.3, 0.4) is 0 Å². The van der Waals surface area contributed by atoms with Gasteiger partial charge in [0.2, 0.25) is 15.9 Å². The van der Waals surface area contributed by atoms with E-state index >= 15 is 0 Å². The van der Waals surface area contributed by atoms with Crippen molar-refractivity contribution in [3.63, 3.8) is 0 Å². The summed E-state index contributed by atoms with van der Waals surface area (Å²) in [5.74, 6) is 0.507. The van der Waals surface area contributed by atoms with Crippen LogP contribution < -0.4 is 14.4 Å². The van der Waals surface area contributed by atoms with E-state index in [2.05, 4.69) is 5.32 Å². The molecule has 0 aliphatic carbocycles. The van der Waals surface area contributed by atoms with E-state index in [9.17, 15) is 13.2 Å². The first-order chi connectivity index (χ1) is 14.1.